The lowest BCUT2D eigenvalue weighted by atomic mass is 9.93. The second-order valence-corrected chi connectivity index (χ2v) is 10.7. The largest absolute Gasteiger partial charge is 0.449 e. The third kappa shape index (κ3) is 10.7. The van der Waals surface area contributed by atoms with Crippen molar-refractivity contribution in [2.24, 2.45) is 0 Å². The number of unbranched alkanes of at least 4 members (excludes halogenated alkanes) is 1. The molecule has 1 unspecified atom stereocenters. The molecule has 2 aromatic rings. The fraction of sp³-hybridized carbons (Fsp3) is 0.559. The average Bonchev–Trinajstić information content (AvgIpc) is 3.33. The Labute approximate surface area is 256 Å². The summed E-state index contributed by atoms with van der Waals surface area (Å²) in [5.74, 6) is -0.0924. The Balaban J connectivity index is 1.66. The third-order valence-electron chi connectivity index (χ3n) is 7.53. The summed E-state index contributed by atoms with van der Waals surface area (Å²) in [6.07, 6.45) is 5.38. The summed E-state index contributed by atoms with van der Waals surface area (Å²) in [6, 6.07) is 12.1. The molecule has 1 atom stereocenters. The number of nitrogens with one attached hydrogen (secondary N) is 2. The van der Waals surface area contributed by atoms with E-state index < -0.39 is 6.09 Å². The monoisotopic (exact) mass is 596 g/mol. The molecule has 236 valence electrons. The lowest BCUT2D eigenvalue weighted by Crippen LogP contribution is -2.27. The van der Waals surface area contributed by atoms with Crippen LogP contribution in [0.3, 0.4) is 0 Å². The third-order valence-corrected chi connectivity index (χ3v) is 7.53. The number of benzene rings is 2. The maximum absolute atomic E-state index is 13.4. The molecule has 0 saturated carbocycles. The molecule has 2 amide bonds. The molecular formula is C34H48N2O7. The molecule has 0 spiro atoms. The highest BCUT2D eigenvalue weighted by Gasteiger charge is 2.33. The van der Waals surface area contributed by atoms with Crippen LogP contribution < -0.4 is 10.6 Å². The van der Waals surface area contributed by atoms with Crippen LogP contribution in [-0.2, 0) is 30.2 Å². The van der Waals surface area contributed by atoms with Gasteiger partial charge in [-0.3, -0.25) is 9.59 Å². The molecule has 1 aliphatic rings. The van der Waals surface area contributed by atoms with Crippen molar-refractivity contribution in [2.45, 2.75) is 64.2 Å². The highest BCUT2D eigenvalue weighted by molar-refractivity contribution is 6.04. The van der Waals surface area contributed by atoms with Crippen LogP contribution in [-0.4, -0.2) is 78.1 Å². The van der Waals surface area contributed by atoms with Gasteiger partial charge in [-0.15, -0.1) is 0 Å². The molecule has 2 aromatic carbocycles. The Morgan fingerprint density at radius 1 is 0.860 bits per heavy atom. The smallest absolute Gasteiger partial charge is 0.406 e. The molecule has 2 N–H and O–H groups in total. The molecule has 0 aromatic heterocycles. The van der Waals surface area contributed by atoms with E-state index in [1.165, 1.54) is 7.05 Å². The van der Waals surface area contributed by atoms with Crippen molar-refractivity contribution in [3.8, 4) is 11.1 Å². The molecular weight excluding hydrogens is 548 g/mol. The van der Waals surface area contributed by atoms with Gasteiger partial charge < -0.3 is 29.6 Å². The zero-order valence-corrected chi connectivity index (χ0v) is 26.0. The van der Waals surface area contributed by atoms with E-state index >= 15 is 0 Å². The molecule has 9 heteroatoms. The number of alkyl carbamates (subject to hydrolysis) is 1. The van der Waals surface area contributed by atoms with Crippen molar-refractivity contribution in [3.05, 3.63) is 58.7 Å². The number of carbonyl (C=O) groups is 3. The van der Waals surface area contributed by atoms with Crippen LogP contribution in [0.5, 0.6) is 0 Å². The van der Waals surface area contributed by atoms with Gasteiger partial charge in [-0.25, -0.2) is 4.79 Å². The van der Waals surface area contributed by atoms with E-state index in [0.29, 0.717) is 64.2 Å². The van der Waals surface area contributed by atoms with Gasteiger partial charge in [0.1, 0.15) is 6.61 Å². The number of carbonyl (C=O) groups excluding carboxylic acids is 3. The average molecular weight is 597 g/mol. The zero-order chi connectivity index (χ0) is 30.9. The number of ketones is 1. The fourth-order valence-electron chi connectivity index (χ4n) is 5.28. The van der Waals surface area contributed by atoms with Gasteiger partial charge in [-0.05, 0) is 59.9 Å². The van der Waals surface area contributed by atoms with Crippen LogP contribution >= 0.6 is 0 Å². The number of rotatable bonds is 21. The summed E-state index contributed by atoms with van der Waals surface area (Å²) in [7, 11) is 3.20. The predicted octanol–water partition coefficient (Wildman–Crippen LogP) is 5.43. The Morgan fingerprint density at radius 3 is 2.44 bits per heavy atom. The number of methoxy groups -OCH3 is 1. The summed E-state index contributed by atoms with van der Waals surface area (Å²) < 4.78 is 21.7. The molecule has 0 saturated heterocycles. The fourth-order valence-corrected chi connectivity index (χ4v) is 5.28. The molecule has 9 nitrogen and oxygen atoms in total. The highest BCUT2D eigenvalue weighted by atomic mass is 16.5. The summed E-state index contributed by atoms with van der Waals surface area (Å²) >= 11 is 0. The van der Waals surface area contributed by atoms with Crippen LogP contribution in [0, 0.1) is 0 Å². The normalized spacial score (nSPS) is 13.3. The first kappa shape index (κ1) is 34.2. The van der Waals surface area contributed by atoms with Gasteiger partial charge in [0.15, 0.2) is 5.78 Å². The second kappa shape index (κ2) is 19.1. The van der Waals surface area contributed by atoms with E-state index in [1.807, 2.05) is 18.2 Å². The Kier molecular flexibility index (Phi) is 15.2. The number of ether oxygens (including phenoxy) is 4. The van der Waals surface area contributed by atoms with E-state index in [2.05, 4.69) is 35.8 Å². The van der Waals surface area contributed by atoms with E-state index in [9.17, 15) is 14.4 Å². The van der Waals surface area contributed by atoms with Crippen LogP contribution in [0.4, 0.5) is 4.79 Å². The molecule has 43 heavy (non-hydrogen) atoms. The van der Waals surface area contributed by atoms with Crippen molar-refractivity contribution in [3.63, 3.8) is 0 Å². The van der Waals surface area contributed by atoms with E-state index in [0.717, 1.165) is 60.1 Å². The van der Waals surface area contributed by atoms with Crippen LogP contribution in [0.25, 0.3) is 11.1 Å². The summed E-state index contributed by atoms with van der Waals surface area (Å²) in [5.41, 5.74) is 5.71. The van der Waals surface area contributed by atoms with Gasteiger partial charge in [-0.2, -0.15) is 0 Å². The molecule has 3 rings (SSSR count). The molecule has 0 radical (unpaired) electrons. The van der Waals surface area contributed by atoms with Crippen LogP contribution in [0.1, 0.15) is 84.8 Å². The SMILES string of the molecule is CCCCOCCNC(=O)CCCc1ccc2c(c1)C(COC(=O)NC)c1cccc(C(=O)CCCOCCCOC)c1-2. The van der Waals surface area contributed by atoms with Gasteiger partial charge in [0.05, 0.1) is 6.61 Å². The maximum atomic E-state index is 13.4. The van der Waals surface area contributed by atoms with E-state index in [1.54, 1.807) is 7.11 Å². The Bertz CT molecular complexity index is 1180. The number of hydrogen-bond donors (Lipinski definition) is 2. The van der Waals surface area contributed by atoms with E-state index in [4.69, 9.17) is 18.9 Å². The maximum Gasteiger partial charge on any atom is 0.406 e. The molecule has 0 bridgehead atoms. The van der Waals surface area contributed by atoms with Crippen molar-refractivity contribution < 1.29 is 33.3 Å². The first-order valence-electron chi connectivity index (χ1n) is 15.5. The summed E-state index contributed by atoms with van der Waals surface area (Å²) in [5, 5.41) is 5.43. The molecule has 0 heterocycles. The number of amides is 2. The first-order valence-corrected chi connectivity index (χ1v) is 15.5. The van der Waals surface area contributed by atoms with Gasteiger partial charge in [0.25, 0.3) is 0 Å². The number of Topliss-reactive ketones (excluding diaryl/α,β-unsaturated/α-hetero) is 1. The first-order chi connectivity index (χ1) is 21.0. The quantitative estimate of drug-likeness (QED) is 0.146. The predicted molar refractivity (Wildman–Crippen MR) is 167 cm³/mol. The van der Waals surface area contributed by atoms with Crippen molar-refractivity contribution in [1.82, 2.24) is 10.6 Å². The molecule has 0 fully saturated rings. The summed E-state index contributed by atoms with van der Waals surface area (Å²) in [4.78, 5) is 37.6. The lowest BCUT2D eigenvalue weighted by molar-refractivity contribution is -0.121. The highest BCUT2D eigenvalue weighted by Crippen LogP contribution is 2.47. The molecule has 0 aliphatic heterocycles. The Hall–Kier alpha value is -3.27. The zero-order valence-electron chi connectivity index (χ0n) is 26.0. The minimum absolute atomic E-state index is 0.0213. The second-order valence-electron chi connectivity index (χ2n) is 10.7. The van der Waals surface area contributed by atoms with E-state index in [-0.39, 0.29) is 24.2 Å². The van der Waals surface area contributed by atoms with Gasteiger partial charge in [0.2, 0.25) is 5.91 Å². The van der Waals surface area contributed by atoms with Crippen molar-refractivity contribution in [1.29, 1.82) is 0 Å². The number of hydrogen-bond acceptors (Lipinski definition) is 7. The Morgan fingerprint density at radius 2 is 1.65 bits per heavy atom. The van der Waals surface area contributed by atoms with Gasteiger partial charge in [-0.1, -0.05) is 49.7 Å². The topological polar surface area (TPSA) is 112 Å². The van der Waals surface area contributed by atoms with Crippen LogP contribution in [0.15, 0.2) is 36.4 Å². The standard InChI is InChI=1S/C34H48N2O7/c1-4-5-19-42-22-17-36-32(38)14-6-10-25-15-16-27-29(23-25)30(24-43-34(39)35-2)26-11-7-12-28(33(26)27)31(37)13-8-20-41-21-9-18-40-3/h7,11-12,15-16,23,30H,4-6,8-10,13-14,17-22,24H2,1-3H3,(H,35,39)(H,36,38). The van der Waals surface area contributed by atoms with Crippen molar-refractivity contribution >= 4 is 17.8 Å². The minimum Gasteiger partial charge on any atom is -0.449 e. The summed E-state index contributed by atoms with van der Waals surface area (Å²) in [6.45, 7) is 5.86. The number of aryl methyl sites for hydroxylation is 1. The lowest BCUT2D eigenvalue weighted by Gasteiger charge is -2.15. The van der Waals surface area contributed by atoms with Gasteiger partial charge >= 0.3 is 6.09 Å². The minimum atomic E-state index is -0.495. The number of fused-ring (bicyclic) bond motifs is 3. The molecule has 1 aliphatic carbocycles. The van der Waals surface area contributed by atoms with Crippen LogP contribution in [0.2, 0.25) is 0 Å². The van der Waals surface area contributed by atoms with Gasteiger partial charge in [0, 0.05) is 71.5 Å². The van der Waals surface area contributed by atoms with Crippen molar-refractivity contribution in [2.75, 3.05) is 60.3 Å².